The fourth-order valence-corrected chi connectivity index (χ4v) is 3.40. The van der Waals surface area contributed by atoms with Crippen molar-refractivity contribution in [2.24, 2.45) is 0 Å². The molecule has 0 unspecified atom stereocenters. The number of carbonyl (C=O) groups excluding carboxylic acids is 2. The van der Waals surface area contributed by atoms with Gasteiger partial charge in [0.15, 0.2) is 12.3 Å². The summed E-state index contributed by atoms with van der Waals surface area (Å²) >= 11 is 0. The van der Waals surface area contributed by atoms with E-state index < -0.39 is 0 Å². The number of hydrogen-bond acceptors (Lipinski definition) is 5. The predicted octanol–water partition coefficient (Wildman–Crippen LogP) is 4.59. The van der Waals surface area contributed by atoms with Gasteiger partial charge in [0, 0.05) is 28.9 Å². The summed E-state index contributed by atoms with van der Waals surface area (Å²) in [6.07, 6.45) is 1.72. The van der Waals surface area contributed by atoms with Gasteiger partial charge in [-0.15, -0.1) is 0 Å². The van der Waals surface area contributed by atoms with Crippen LogP contribution in [0.15, 0.2) is 66.9 Å². The number of pyridine rings is 1. The summed E-state index contributed by atoms with van der Waals surface area (Å²) in [4.78, 5) is 29.6. The molecule has 2 heterocycles. The monoisotopic (exact) mass is 443 g/mol. The second-order valence-corrected chi connectivity index (χ2v) is 7.90. The fourth-order valence-electron chi connectivity index (χ4n) is 3.40. The summed E-state index contributed by atoms with van der Waals surface area (Å²) < 4.78 is 7.42. The maximum atomic E-state index is 12.9. The maximum absolute atomic E-state index is 12.9. The van der Waals surface area contributed by atoms with Crippen LogP contribution in [-0.2, 0) is 4.79 Å². The molecule has 0 aliphatic carbocycles. The molecule has 0 saturated heterocycles. The third-order valence-electron chi connectivity index (χ3n) is 5.01. The third kappa shape index (κ3) is 5.17. The number of ether oxygens (including phenoxy) is 1. The normalized spacial score (nSPS) is 10.9. The largest absolute Gasteiger partial charge is 0.484 e. The second-order valence-electron chi connectivity index (χ2n) is 7.90. The first-order valence-corrected chi connectivity index (χ1v) is 10.6. The molecule has 0 aliphatic heterocycles. The van der Waals surface area contributed by atoms with Gasteiger partial charge in [-0.2, -0.15) is 5.10 Å². The Morgan fingerprint density at radius 3 is 2.52 bits per heavy atom. The molecule has 8 heteroatoms. The van der Waals surface area contributed by atoms with E-state index in [0.717, 1.165) is 11.0 Å². The van der Waals surface area contributed by atoms with E-state index in [0.29, 0.717) is 28.4 Å². The molecule has 0 aliphatic rings. The van der Waals surface area contributed by atoms with Crippen molar-refractivity contribution in [1.29, 1.82) is 0 Å². The molecule has 8 nitrogen and oxygen atoms in total. The molecule has 2 N–H and O–H groups in total. The highest BCUT2D eigenvalue weighted by Crippen LogP contribution is 2.22. The number of nitrogens with zero attached hydrogens (tertiary/aromatic N) is 3. The zero-order valence-electron chi connectivity index (χ0n) is 18.7. The van der Waals surface area contributed by atoms with Gasteiger partial charge in [-0.25, -0.2) is 9.67 Å². The summed E-state index contributed by atoms with van der Waals surface area (Å²) in [6, 6.07) is 18.0. The summed E-state index contributed by atoms with van der Waals surface area (Å²) in [6.45, 7) is 5.72. The minimum absolute atomic E-state index is 0.147. The quantitative estimate of drug-likeness (QED) is 0.435. The number of hydrogen-bond donors (Lipinski definition) is 2. The fraction of sp³-hybridized carbons (Fsp3) is 0.200. The first kappa shape index (κ1) is 22.0. The van der Waals surface area contributed by atoms with Crippen LogP contribution in [0.2, 0.25) is 0 Å². The van der Waals surface area contributed by atoms with Crippen molar-refractivity contribution in [3.8, 4) is 5.75 Å². The highest BCUT2D eigenvalue weighted by Gasteiger charge is 2.16. The molecule has 0 fully saturated rings. The minimum Gasteiger partial charge on any atom is -0.484 e. The summed E-state index contributed by atoms with van der Waals surface area (Å²) in [5, 5.41) is 10.8. The first-order valence-electron chi connectivity index (χ1n) is 10.6. The molecule has 4 aromatic rings. The van der Waals surface area contributed by atoms with Crippen molar-refractivity contribution in [2.75, 3.05) is 17.2 Å². The second kappa shape index (κ2) is 9.52. The van der Waals surface area contributed by atoms with Gasteiger partial charge in [0.1, 0.15) is 5.75 Å². The Balaban J connectivity index is 1.42. The lowest BCUT2D eigenvalue weighted by molar-refractivity contribution is -0.118. The van der Waals surface area contributed by atoms with Gasteiger partial charge in [-0.05, 0) is 51.1 Å². The van der Waals surface area contributed by atoms with Crippen LogP contribution in [0.4, 0.5) is 11.4 Å². The number of carbonyl (C=O) groups is 2. The number of aromatic nitrogens is 3. The Bertz CT molecular complexity index is 1300. The van der Waals surface area contributed by atoms with Crippen LogP contribution in [0.5, 0.6) is 5.75 Å². The Morgan fingerprint density at radius 2 is 1.76 bits per heavy atom. The van der Waals surface area contributed by atoms with Gasteiger partial charge in [0.2, 0.25) is 0 Å². The van der Waals surface area contributed by atoms with Crippen molar-refractivity contribution in [1.82, 2.24) is 14.8 Å². The summed E-state index contributed by atoms with van der Waals surface area (Å²) in [7, 11) is 0. The van der Waals surface area contributed by atoms with Crippen molar-refractivity contribution in [3.05, 3.63) is 78.1 Å². The number of aryl methyl sites for hydroxylation is 1. The van der Waals surface area contributed by atoms with E-state index in [1.165, 1.54) is 0 Å². The van der Waals surface area contributed by atoms with Crippen molar-refractivity contribution in [2.45, 2.75) is 26.8 Å². The van der Waals surface area contributed by atoms with E-state index in [2.05, 4.69) is 20.7 Å². The number of nitrogens with one attached hydrogen (secondary N) is 2. The van der Waals surface area contributed by atoms with Crippen molar-refractivity contribution in [3.63, 3.8) is 0 Å². The molecule has 2 aromatic heterocycles. The zero-order valence-corrected chi connectivity index (χ0v) is 18.7. The van der Waals surface area contributed by atoms with E-state index in [4.69, 9.17) is 4.74 Å². The summed E-state index contributed by atoms with van der Waals surface area (Å²) in [5.41, 5.74) is 3.10. The first-order chi connectivity index (χ1) is 15.9. The number of anilines is 2. The van der Waals surface area contributed by atoms with Gasteiger partial charge in [-0.3, -0.25) is 9.59 Å². The average molecular weight is 444 g/mol. The SMILES string of the molecule is Cc1nc2c(cnn2C(C)C)cc1C(=O)Nc1cccc(OCC(=O)Nc2ccccc2)c1. The number of fused-ring (bicyclic) bond motifs is 1. The molecule has 0 radical (unpaired) electrons. The van der Waals surface area contributed by atoms with E-state index in [1.54, 1.807) is 55.6 Å². The standard InChI is InChI=1S/C25H25N5O3/c1-16(2)30-24-18(14-26-30)12-22(17(3)27-24)25(32)29-20-10-7-11-21(13-20)33-15-23(31)28-19-8-5-4-6-9-19/h4-14,16H,15H2,1-3H3,(H,28,31)(H,29,32). The Morgan fingerprint density at radius 1 is 1.00 bits per heavy atom. The molecule has 168 valence electrons. The molecule has 2 amide bonds. The van der Waals surface area contributed by atoms with E-state index >= 15 is 0 Å². The number of rotatable bonds is 7. The van der Waals surface area contributed by atoms with Gasteiger partial charge in [-0.1, -0.05) is 24.3 Å². The van der Waals surface area contributed by atoms with Crippen LogP contribution < -0.4 is 15.4 Å². The van der Waals surface area contributed by atoms with Crippen LogP contribution in [0, 0.1) is 6.92 Å². The zero-order chi connectivity index (χ0) is 23.4. The van der Waals surface area contributed by atoms with Gasteiger partial charge >= 0.3 is 0 Å². The van der Waals surface area contributed by atoms with Gasteiger partial charge < -0.3 is 15.4 Å². The topological polar surface area (TPSA) is 98.1 Å². The van der Waals surface area contributed by atoms with Crippen LogP contribution in [-0.4, -0.2) is 33.2 Å². The molecule has 0 atom stereocenters. The number of benzene rings is 2. The average Bonchev–Trinajstić information content (AvgIpc) is 3.21. The van der Waals surface area contributed by atoms with Gasteiger partial charge in [0.25, 0.3) is 11.8 Å². The molecular weight excluding hydrogens is 418 g/mol. The Kier molecular flexibility index (Phi) is 6.35. The third-order valence-corrected chi connectivity index (χ3v) is 5.01. The maximum Gasteiger partial charge on any atom is 0.262 e. The van der Waals surface area contributed by atoms with E-state index in [-0.39, 0.29) is 24.5 Å². The number of amides is 2. The molecule has 2 aromatic carbocycles. The van der Waals surface area contributed by atoms with Crippen molar-refractivity contribution >= 4 is 34.2 Å². The molecular formula is C25H25N5O3. The lowest BCUT2D eigenvalue weighted by Crippen LogP contribution is -2.20. The summed E-state index contributed by atoms with van der Waals surface area (Å²) in [5.74, 6) is -0.0785. The molecule has 0 saturated carbocycles. The smallest absolute Gasteiger partial charge is 0.262 e. The van der Waals surface area contributed by atoms with E-state index in [9.17, 15) is 9.59 Å². The van der Waals surface area contributed by atoms with Crippen LogP contribution in [0.3, 0.4) is 0 Å². The Hall–Kier alpha value is -4.20. The molecule has 0 spiro atoms. The minimum atomic E-state index is -0.279. The van der Waals surface area contributed by atoms with Gasteiger partial charge in [0.05, 0.1) is 17.5 Å². The number of para-hydroxylation sites is 1. The molecule has 33 heavy (non-hydrogen) atoms. The molecule has 0 bridgehead atoms. The Labute approximate surface area is 191 Å². The van der Waals surface area contributed by atoms with Crippen molar-refractivity contribution < 1.29 is 14.3 Å². The lowest BCUT2D eigenvalue weighted by Gasteiger charge is -2.11. The molecule has 4 rings (SSSR count). The van der Waals surface area contributed by atoms with Crippen LogP contribution >= 0.6 is 0 Å². The lowest BCUT2D eigenvalue weighted by atomic mass is 10.1. The van der Waals surface area contributed by atoms with Crippen LogP contribution in [0.25, 0.3) is 11.0 Å². The highest BCUT2D eigenvalue weighted by molar-refractivity contribution is 6.06. The van der Waals surface area contributed by atoms with Crippen LogP contribution in [0.1, 0.15) is 35.9 Å². The predicted molar refractivity (Wildman–Crippen MR) is 128 cm³/mol. The highest BCUT2D eigenvalue weighted by atomic mass is 16.5. The van der Waals surface area contributed by atoms with E-state index in [1.807, 2.05) is 36.7 Å².